The standard InChI is InChI=1S/C21H15ClF3N5O2S/c22-14-7-5-13(6-8-14)12-33-19-10-9-17-27-29(20(32)30(17)28-19)11-18(31)26-16-4-2-1-3-15(16)21(23,24)25/h1-10H,11-12H2,(H,26,31). The first-order valence-corrected chi connectivity index (χ1v) is 10.9. The van der Waals surface area contributed by atoms with Crippen LogP contribution in [-0.2, 0) is 23.3 Å². The summed E-state index contributed by atoms with van der Waals surface area (Å²) in [6, 6.07) is 15.2. The van der Waals surface area contributed by atoms with Crippen LogP contribution in [0.15, 0.2) is 70.5 Å². The zero-order valence-corrected chi connectivity index (χ0v) is 18.3. The van der Waals surface area contributed by atoms with Crippen molar-refractivity contribution in [3.8, 4) is 0 Å². The largest absolute Gasteiger partial charge is 0.418 e. The lowest BCUT2D eigenvalue weighted by Crippen LogP contribution is -2.29. The third kappa shape index (κ3) is 5.37. The highest BCUT2D eigenvalue weighted by atomic mass is 35.5. The molecule has 0 aliphatic carbocycles. The van der Waals surface area contributed by atoms with Gasteiger partial charge in [0.15, 0.2) is 5.65 Å². The molecule has 0 saturated heterocycles. The molecule has 12 heteroatoms. The fourth-order valence-electron chi connectivity index (χ4n) is 2.97. The summed E-state index contributed by atoms with van der Waals surface area (Å²) in [5.74, 6) is -0.228. The highest BCUT2D eigenvalue weighted by Crippen LogP contribution is 2.34. The van der Waals surface area contributed by atoms with Gasteiger partial charge in [-0.15, -0.1) is 5.10 Å². The minimum atomic E-state index is -4.63. The molecule has 2 aromatic heterocycles. The molecule has 33 heavy (non-hydrogen) atoms. The molecule has 4 rings (SSSR count). The number of carbonyl (C=O) groups is 1. The highest BCUT2D eigenvalue weighted by molar-refractivity contribution is 7.98. The molecule has 0 spiro atoms. The second kappa shape index (κ2) is 9.28. The van der Waals surface area contributed by atoms with Crippen molar-refractivity contribution < 1.29 is 18.0 Å². The Morgan fingerprint density at radius 2 is 1.76 bits per heavy atom. The lowest BCUT2D eigenvalue weighted by atomic mass is 10.1. The van der Waals surface area contributed by atoms with Crippen LogP contribution in [0.2, 0.25) is 5.02 Å². The van der Waals surface area contributed by atoms with Crippen molar-refractivity contribution in [1.82, 2.24) is 19.4 Å². The van der Waals surface area contributed by atoms with E-state index >= 15 is 0 Å². The molecular weight excluding hydrogens is 479 g/mol. The number of thioether (sulfide) groups is 1. The average molecular weight is 494 g/mol. The lowest BCUT2D eigenvalue weighted by Gasteiger charge is -2.13. The number of hydrogen-bond donors (Lipinski definition) is 1. The Morgan fingerprint density at radius 1 is 1.03 bits per heavy atom. The molecule has 0 aliphatic heterocycles. The third-order valence-electron chi connectivity index (χ3n) is 4.52. The van der Waals surface area contributed by atoms with Crippen molar-refractivity contribution in [2.75, 3.05) is 5.32 Å². The summed E-state index contributed by atoms with van der Waals surface area (Å²) >= 11 is 7.27. The Morgan fingerprint density at radius 3 is 2.48 bits per heavy atom. The first-order valence-electron chi connectivity index (χ1n) is 9.51. The summed E-state index contributed by atoms with van der Waals surface area (Å²) < 4.78 is 41.2. The number of fused-ring (bicyclic) bond motifs is 1. The Bertz CT molecular complexity index is 1370. The van der Waals surface area contributed by atoms with Crippen LogP contribution in [0.3, 0.4) is 0 Å². The van der Waals surface area contributed by atoms with E-state index in [0.29, 0.717) is 15.8 Å². The summed E-state index contributed by atoms with van der Waals surface area (Å²) in [7, 11) is 0. The number of benzene rings is 2. The number of rotatable bonds is 6. The van der Waals surface area contributed by atoms with Crippen LogP contribution in [0, 0.1) is 0 Å². The molecular formula is C21H15ClF3N5O2S. The van der Waals surface area contributed by atoms with Crippen LogP contribution in [0.5, 0.6) is 0 Å². The molecule has 0 aliphatic rings. The third-order valence-corrected chi connectivity index (χ3v) is 5.76. The molecule has 0 bridgehead atoms. The molecule has 2 heterocycles. The van der Waals surface area contributed by atoms with E-state index in [1.807, 2.05) is 12.1 Å². The molecule has 0 atom stereocenters. The van der Waals surface area contributed by atoms with Crippen molar-refractivity contribution in [2.45, 2.75) is 23.5 Å². The monoisotopic (exact) mass is 493 g/mol. The fourth-order valence-corrected chi connectivity index (χ4v) is 3.91. The van der Waals surface area contributed by atoms with Crippen molar-refractivity contribution in [3.63, 3.8) is 0 Å². The predicted molar refractivity (Wildman–Crippen MR) is 118 cm³/mol. The summed E-state index contributed by atoms with van der Waals surface area (Å²) in [5, 5.41) is 11.7. The maximum absolute atomic E-state index is 13.1. The lowest BCUT2D eigenvalue weighted by molar-refractivity contribution is -0.137. The van der Waals surface area contributed by atoms with Crippen molar-refractivity contribution in [3.05, 3.63) is 87.3 Å². The van der Waals surface area contributed by atoms with Gasteiger partial charge in [0.25, 0.3) is 0 Å². The van der Waals surface area contributed by atoms with Crippen LogP contribution in [0.1, 0.15) is 11.1 Å². The number of carbonyl (C=O) groups excluding carboxylic acids is 1. The summed E-state index contributed by atoms with van der Waals surface area (Å²) in [4.78, 5) is 24.9. The Kier molecular flexibility index (Phi) is 6.43. The highest BCUT2D eigenvalue weighted by Gasteiger charge is 2.33. The van der Waals surface area contributed by atoms with Crippen molar-refractivity contribution in [2.24, 2.45) is 0 Å². The first-order chi connectivity index (χ1) is 15.7. The minimum absolute atomic E-state index is 0.208. The van der Waals surface area contributed by atoms with Gasteiger partial charge in [0, 0.05) is 10.8 Å². The maximum Gasteiger partial charge on any atom is 0.418 e. The molecule has 4 aromatic rings. The minimum Gasteiger partial charge on any atom is -0.324 e. The van der Waals surface area contributed by atoms with E-state index in [4.69, 9.17) is 11.6 Å². The van der Waals surface area contributed by atoms with E-state index in [2.05, 4.69) is 15.5 Å². The number of alkyl halides is 3. The topological polar surface area (TPSA) is 81.3 Å². The number of halogens is 4. The van der Waals surface area contributed by atoms with Gasteiger partial charge < -0.3 is 5.32 Å². The van der Waals surface area contributed by atoms with Gasteiger partial charge in [-0.3, -0.25) is 4.79 Å². The quantitative estimate of drug-likeness (QED) is 0.400. The van der Waals surface area contributed by atoms with Gasteiger partial charge in [0.1, 0.15) is 11.6 Å². The Labute approximate surface area is 194 Å². The number of anilines is 1. The summed E-state index contributed by atoms with van der Waals surface area (Å²) in [6.45, 7) is -0.568. The molecule has 2 aromatic carbocycles. The normalized spacial score (nSPS) is 11.6. The molecule has 0 unspecified atom stereocenters. The van der Waals surface area contributed by atoms with E-state index in [-0.39, 0.29) is 5.65 Å². The van der Waals surface area contributed by atoms with Crippen molar-refractivity contribution >= 4 is 40.6 Å². The molecule has 1 amide bonds. The zero-order chi connectivity index (χ0) is 23.6. The SMILES string of the molecule is O=C(Cn1nc2ccc(SCc3ccc(Cl)cc3)nn2c1=O)Nc1ccccc1C(F)(F)F. The second-order valence-corrected chi connectivity index (χ2v) is 8.32. The molecule has 0 fully saturated rings. The van der Waals surface area contributed by atoms with Gasteiger partial charge in [-0.05, 0) is 42.0 Å². The molecule has 1 N–H and O–H groups in total. The van der Waals surface area contributed by atoms with Crippen LogP contribution in [0.25, 0.3) is 5.65 Å². The number of nitrogens with one attached hydrogen (secondary N) is 1. The van der Waals surface area contributed by atoms with E-state index < -0.39 is 35.6 Å². The van der Waals surface area contributed by atoms with Gasteiger partial charge in [-0.1, -0.05) is 47.6 Å². The Hall–Kier alpha value is -3.31. The van der Waals surface area contributed by atoms with Crippen molar-refractivity contribution in [1.29, 1.82) is 0 Å². The number of hydrogen-bond acceptors (Lipinski definition) is 5. The molecule has 7 nitrogen and oxygen atoms in total. The number of para-hydroxylation sites is 1. The molecule has 170 valence electrons. The summed E-state index contributed by atoms with van der Waals surface area (Å²) in [5.41, 5.74) is -0.835. The average Bonchev–Trinajstić information content (AvgIpc) is 3.07. The van der Waals surface area contributed by atoms with E-state index in [0.717, 1.165) is 26.9 Å². The number of nitrogens with zero attached hydrogens (tertiary/aromatic N) is 4. The van der Waals surface area contributed by atoms with Crippen LogP contribution in [-0.4, -0.2) is 25.3 Å². The fraction of sp³-hybridized carbons (Fsp3) is 0.143. The van der Waals surface area contributed by atoms with Gasteiger partial charge in [0.2, 0.25) is 5.91 Å². The van der Waals surface area contributed by atoms with Crippen LogP contribution in [0.4, 0.5) is 18.9 Å². The number of amides is 1. The number of aromatic nitrogens is 4. The van der Waals surface area contributed by atoms with E-state index in [1.54, 1.807) is 24.3 Å². The second-order valence-electron chi connectivity index (χ2n) is 6.89. The van der Waals surface area contributed by atoms with Gasteiger partial charge in [-0.2, -0.15) is 22.8 Å². The van der Waals surface area contributed by atoms with Gasteiger partial charge in [0.05, 0.1) is 11.3 Å². The van der Waals surface area contributed by atoms with Gasteiger partial charge in [-0.25, -0.2) is 9.48 Å². The Balaban J connectivity index is 1.49. The van der Waals surface area contributed by atoms with Crippen LogP contribution < -0.4 is 11.0 Å². The smallest absolute Gasteiger partial charge is 0.324 e. The first kappa shape index (κ1) is 22.9. The zero-order valence-electron chi connectivity index (χ0n) is 16.7. The van der Waals surface area contributed by atoms with Crippen LogP contribution >= 0.6 is 23.4 Å². The molecule has 0 saturated carbocycles. The van der Waals surface area contributed by atoms with Gasteiger partial charge >= 0.3 is 11.9 Å². The predicted octanol–water partition coefficient (Wildman–Crippen LogP) is 4.49. The molecule has 0 radical (unpaired) electrons. The van der Waals surface area contributed by atoms with E-state index in [1.165, 1.54) is 23.9 Å². The maximum atomic E-state index is 13.1. The summed E-state index contributed by atoms with van der Waals surface area (Å²) in [6.07, 6.45) is -4.63. The van der Waals surface area contributed by atoms with E-state index in [9.17, 15) is 22.8 Å².